The van der Waals surface area contributed by atoms with E-state index in [0.717, 1.165) is 25.0 Å². The van der Waals surface area contributed by atoms with Gasteiger partial charge in [0, 0.05) is 12.5 Å². The maximum atomic E-state index is 12.2. The van der Waals surface area contributed by atoms with Gasteiger partial charge in [0.15, 0.2) is 0 Å². The molecule has 0 saturated carbocycles. The summed E-state index contributed by atoms with van der Waals surface area (Å²) in [6, 6.07) is 7.31. The maximum Gasteiger partial charge on any atom is 0.472 e. The van der Waals surface area contributed by atoms with Crippen molar-refractivity contribution in [1.82, 2.24) is 0 Å². The lowest BCUT2D eigenvalue weighted by Gasteiger charge is -2.29. The number of benzene rings is 1. The number of quaternary nitrogens is 1. The van der Waals surface area contributed by atoms with Crippen LogP contribution in [-0.2, 0) is 18.4 Å². The minimum atomic E-state index is -4.38. The number of ether oxygens (including phenoxy) is 2. The molecule has 0 spiro atoms. The van der Waals surface area contributed by atoms with Gasteiger partial charge in [-0.25, -0.2) is 4.57 Å². The second-order valence-electron chi connectivity index (χ2n) is 8.33. The van der Waals surface area contributed by atoms with Crippen molar-refractivity contribution in [2.24, 2.45) is 0 Å². The molecule has 0 saturated heterocycles. The first-order valence-electron chi connectivity index (χ1n) is 10.5. The fourth-order valence-electron chi connectivity index (χ4n) is 2.78. The highest BCUT2D eigenvalue weighted by molar-refractivity contribution is 7.47. The van der Waals surface area contributed by atoms with Crippen molar-refractivity contribution in [2.45, 2.75) is 45.1 Å². The van der Waals surface area contributed by atoms with Gasteiger partial charge in [-0.1, -0.05) is 25.8 Å². The number of hydrogen-bond acceptors (Lipinski definition) is 6. The standard InChI is InChI=1S/C21H36NO8P/c1-5-6-7-12-27-18-10-8-11-19(15-18)28-13-9-14-29-31(25,26)30-20(16-21(23)24)17-22(2,3)4/h8,10-11,15,20H,5-7,9,12-14,16-17H2,1-4H3,(H-,23,24,25,26)/p+1/t20-/m1/s1. The molecule has 1 aromatic carbocycles. The molecule has 0 bridgehead atoms. The number of phosphoric ester groups is 1. The number of hydrogen-bond donors (Lipinski definition) is 2. The third kappa shape index (κ3) is 14.1. The zero-order valence-corrected chi connectivity index (χ0v) is 19.9. The average Bonchev–Trinajstić information content (AvgIpc) is 2.63. The quantitative estimate of drug-likeness (QED) is 0.205. The first kappa shape index (κ1) is 27.4. The van der Waals surface area contributed by atoms with Gasteiger partial charge in [-0.2, -0.15) is 0 Å². The molecule has 0 amide bonds. The Bertz CT molecular complexity index is 707. The topological polar surface area (TPSA) is 112 Å². The van der Waals surface area contributed by atoms with Crippen LogP contribution in [0.15, 0.2) is 24.3 Å². The van der Waals surface area contributed by atoms with Crippen LogP contribution >= 0.6 is 7.82 Å². The summed E-state index contributed by atoms with van der Waals surface area (Å²) in [5, 5.41) is 9.00. The smallest absolute Gasteiger partial charge is 0.472 e. The van der Waals surface area contributed by atoms with Gasteiger partial charge in [0.25, 0.3) is 0 Å². The molecule has 9 nitrogen and oxygen atoms in total. The van der Waals surface area contributed by atoms with Gasteiger partial charge in [-0.3, -0.25) is 13.8 Å². The van der Waals surface area contributed by atoms with Crippen LogP contribution in [0.2, 0.25) is 0 Å². The Morgan fingerprint density at radius 2 is 1.68 bits per heavy atom. The number of carboxylic acids is 1. The summed E-state index contributed by atoms with van der Waals surface area (Å²) in [6.07, 6.45) is 2.30. The van der Waals surface area contributed by atoms with Crippen molar-refractivity contribution in [3.05, 3.63) is 24.3 Å². The van der Waals surface area contributed by atoms with E-state index in [0.29, 0.717) is 23.3 Å². The third-order valence-corrected chi connectivity index (χ3v) is 5.14. The van der Waals surface area contributed by atoms with Crippen LogP contribution in [-0.4, -0.2) is 74.1 Å². The number of phosphoric acid groups is 1. The Kier molecular flexibility index (Phi) is 12.1. The SMILES string of the molecule is CCCCCOc1cccc(OCCCOP(=O)(O)O[C@H](CC(=O)O)C[N+](C)(C)C)c1. The molecule has 2 atom stereocenters. The Labute approximate surface area is 185 Å². The summed E-state index contributed by atoms with van der Waals surface area (Å²) < 4.78 is 33.9. The molecule has 0 fully saturated rings. The molecule has 0 aliphatic carbocycles. The van der Waals surface area contributed by atoms with E-state index in [4.69, 9.17) is 23.6 Å². The van der Waals surface area contributed by atoms with E-state index in [-0.39, 0.29) is 26.2 Å². The zero-order chi connectivity index (χ0) is 23.3. The number of rotatable bonds is 17. The van der Waals surface area contributed by atoms with E-state index in [9.17, 15) is 14.3 Å². The fraction of sp³-hybridized carbons (Fsp3) is 0.667. The van der Waals surface area contributed by atoms with Crippen LogP contribution in [0.25, 0.3) is 0 Å². The summed E-state index contributed by atoms with van der Waals surface area (Å²) >= 11 is 0. The van der Waals surface area contributed by atoms with Crippen LogP contribution < -0.4 is 9.47 Å². The molecule has 0 radical (unpaired) electrons. The van der Waals surface area contributed by atoms with Gasteiger partial charge in [-0.15, -0.1) is 0 Å². The second kappa shape index (κ2) is 13.7. The van der Waals surface area contributed by atoms with Crippen molar-refractivity contribution < 1.29 is 42.4 Å². The molecule has 31 heavy (non-hydrogen) atoms. The molecule has 0 aromatic heterocycles. The molecule has 1 aromatic rings. The summed E-state index contributed by atoms with van der Waals surface area (Å²) in [5.74, 6) is 0.268. The first-order chi connectivity index (χ1) is 14.5. The highest BCUT2D eigenvalue weighted by Crippen LogP contribution is 2.45. The van der Waals surface area contributed by atoms with E-state index in [1.54, 1.807) is 12.1 Å². The highest BCUT2D eigenvalue weighted by Gasteiger charge is 2.31. The second-order valence-corrected chi connectivity index (χ2v) is 9.74. The molecular formula is C21H37NO8P+. The normalized spacial score (nSPS) is 14.6. The monoisotopic (exact) mass is 462 g/mol. The Balaban J connectivity index is 2.38. The number of carboxylic acid groups (broad SMARTS) is 1. The lowest BCUT2D eigenvalue weighted by Crippen LogP contribution is -2.42. The molecule has 0 aliphatic heterocycles. The Morgan fingerprint density at radius 3 is 2.23 bits per heavy atom. The predicted octanol–water partition coefficient (Wildman–Crippen LogP) is 3.71. The minimum Gasteiger partial charge on any atom is -0.493 e. The lowest BCUT2D eigenvalue weighted by molar-refractivity contribution is -0.873. The number of carbonyl (C=O) groups is 1. The number of aliphatic carboxylic acids is 1. The molecule has 1 rings (SSSR count). The van der Waals surface area contributed by atoms with Gasteiger partial charge in [-0.05, 0) is 18.6 Å². The minimum absolute atomic E-state index is 0.0643. The van der Waals surface area contributed by atoms with Crippen LogP contribution in [0.5, 0.6) is 11.5 Å². The lowest BCUT2D eigenvalue weighted by atomic mass is 10.2. The third-order valence-electron chi connectivity index (χ3n) is 4.07. The fourth-order valence-corrected chi connectivity index (χ4v) is 3.72. The molecule has 0 heterocycles. The molecule has 1 unspecified atom stereocenters. The van der Waals surface area contributed by atoms with Crippen molar-refractivity contribution in [3.63, 3.8) is 0 Å². The summed E-state index contributed by atoms with van der Waals surface area (Å²) in [6.45, 7) is 3.26. The van der Waals surface area contributed by atoms with Crippen LogP contribution in [0.3, 0.4) is 0 Å². The van der Waals surface area contributed by atoms with E-state index >= 15 is 0 Å². The molecule has 178 valence electrons. The zero-order valence-electron chi connectivity index (χ0n) is 19.0. The van der Waals surface area contributed by atoms with Gasteiger partial charge >= 0.3 is 13.8 Å². The first-order valence-corrected chi connectivity index (χ1v) is 12.0. The van der Waals surface area contributed by atoms with Crippen LogP contribution in [0, 0.1) is 0 Å². The predicted molar refractivity (Wildman–Crippen MR) is 117 cm³/mol. The van der Waals surface area contributed by atoms with Crippen molar-refractivity contribution in [2.75, 3.05) is 47.5 Å². The van der Waals surface area contributed by atoms with Gasteiger partial charge in [0.1, 0.15) is 24.1 Å². The van der Waals surface area contributed by atoms with E-state index in [1.807, 2.05) is 33.3 Å². The summed E-state index contributed by atoms with van der Waals surface area (Å²) in [4.78, 5) is 20.9. The van der Waals surface area contributed by atoms with E-state index in [2.05, 4.69) is 6.92 Å². The average molecular weight is 463 g/mol. The van der Waals surface area contributed by atoms with E-state index in [1.165, 1.54) is 0 Å². The number of unbranched alkanes of at least 4 members (excludes halogenated alkanes) is 2. The summed E-state index contributed by atoms with van der Waals surface area (Å²) in [5.41, 5.74) is 0. The Hall–Kier alpha value is -1.64. The molecule has 10 heteroatoms. The van der Waals surface area contributed by atoms with Crippen molar-refractivity contribution >= 4 is 13.8 Å². The van der Waals surface area contributed by atoms with Crippen molar-refractivity contribution in [3.8, 4) is 11.5 Å². The summed E-state index contributed by atoms with van der Waals surface area (Å²) in [7, 11) is 1.13. The molecule has 0 aliphatic rings. The Morgan fingerprint density at radius 1 is 1.06 bits per heavy atom. The maximum absolute atomic E-state index is 12.2. The molecular weight excluding hydrogens is 425 g/mol. The van der Waals surface area contributed by atoms with Gasteiger partial charge in [0.05, 0.1) is 47.4 Å². The highest BCUT2D eigenvalue weighted by atomic mass is 31.2. The van der Waals surface area contributed by atoms with E-state index < -0.39 is 19.9 Å². The van der Waals surface area contributed by atoms with Gasteiger partial charge < -0.3 is 24.0 Å². The van der Waals surface area contributed by atoms with Crippen LogP contribution in [0.4, 0.5) is 0 Å². The molecule has 2 N–H and O–H groups in total. The largest absolute Gasteiger partial charge is 0.493 e. The van der Waals surface area contributed by atoms with Crippen LogP contribution in [0.1, 0.15) is 39.0 Å². The number of likely N-dealkylation sites (N-methyl/N-ethyl adjacent to an activating group) is 1. The van der Waals surface area contributed by atoms with Crippen molar-refractivity contribution in [1.29, 1.82) is 0 Å². The number of nitrogens with zero attached hydrogens (tertiary/aromatic N) is 1. The van der Waals surface area contributed by atoms with Gasteiger partial charge in [0.2, 0.25) is 0 Å².